The van der Waals surface area contributed by atoms with E-state index in [4.69, 9.17) is 5.73 Å². The van der Waals surface area contributed by atoms with E-state index < -0.39 is 0 Å². The Labute approximate surface area is 104 Å². The van der Waals surface area contributed by atoms with Gasteiger partial charge in [-0.1, -0.05) is 12.5 Å². The van der Waals surface area contributed by atoms with Crippen LogP contribution in [0.15, 0.2) is 24.4 Å². The summed E-state index contributed by atoms with van der Waals surface area (Å²) in [5.74, 6) is 0.737. The Hall–Kier alpha value is -0.930. The molecular formula is C14H23N3. The highest BCUT2D eigenvalue weighted by molar-refractivity contribution is 5.03. The topological polar surface area (TPSA) is 42.1 Å². The van der Waals surface area contributed by atoms with E-state index in [9.17, 15) is 0 Å². The minimum Gasteiger partial charge on any atom is -0.327 e. The lowest BCUT2D eigenvalue weighted by atomic mass is 10.00. The summed E-state index contributed by atoms with van der Waals surface area (Å²) in [7, 11) is 2.16. The molecule has 0 aliphatic heterocycles. The van der Waals surface area contributed by atoms with Gasteiger partial charge in [-0.3, -0.25) is 4.98 Å². The molecule has 1 aromatic heterocycles. The standard InChI is InChI=1S/C14H23N3/c1-17(11-13-6-2-3-9-16-13)10-8-12-5-4-7-14(12)15/h2-3,6,9,12,14H,4-5,7-8,10-11,15H2,1H3. The predicted octanol–water partition coefficient (Wildman–Crippen LogP) is 2.03. The molecule has 0 radical (unpaired) electrons. The van der Waals surface area contributed by atoms with Gasteiger partial charge in [0.1, 0.15) is 0 Å². The average molecular weight is 233 g/mol. The Kier molecular flexibility index (Phi) is 4.51. The van der Waals surface area contributed by atoms with Gasteiger partial charge in [-0.25, -0.2) is 0 Å². The maximum Gasteiger partial charge on any atom is 0.0543 e. The molecule has 17 heavy (non-hydrogen) atoms. The van der Waals surface area contributed by atoms with E-state index >= 15 is 0 Å². The number of pyridine rings is 1. The van der Waals surface area contributed by atoms with Gasteiger partial charge in [0.2, 0.25) is 0 Å². The Morgan fingerprint density at radius 2 is 2.29 bits per heavy atom. The molecule has 0 amide bonds. The fraction of sp³-hybridized carbons (Fsp3) is 0.643. The monoisotopic (exact) mass is 233 g/mol. The molecule has 1 aliphatic carbocycles. The number of nitrogens with two attached hydrogens (primary N) is 1. The molecule has 1 fully saturated rings. The molecule has 3 heteroatoms. The molecule has 2 unspecified atom stereocenters. The second kappa shape index (κ2) is 6.12. The molecule has 1 aliphatic rings. The summed E-state index contributed by atoms with van der Waals surface area (Å²) in [5.41, 5.74) is 7.23. The van der Waals surface area contributed by atoms with Crippen molar-refractivity contribution in [2.24, 2.45) is 11.7 Å². The maximum absolute atomic E-state index is 6.09. The minimum absolute atomic E-state index is 0.443. The van der Waals surface area contributed by atoms with Crippen LogP contribution in [0.25, 0.3) is 0 Å². The van der Waals surface area contributed by atoms with E-state index in [-0.39, 0.29) is 0 Å². The summed E-state index contributed by atoms with van der Waals surface area (Å²) < 4.78 is 0. The lowest BCUT2D eigenvalue weighted by Gasteiger charge is -2.20. The van der Waals surface area contributed by atoms with Crippen LogP contribution in [0.4, 0.5) is 0 Å². The smallest absolute Gasteiger partial charge is 0.0543 e. The number of aromatic nitrogens is 1. The molecule has 0 saturated heterocycles. The van der Waals surface area contributed by atoms with Crippen LogP contribution in [0.5, 0.6) is 0 Å². The first-order chi connectivity index (χ1) is 8.25. The lowest BCUT2D eigenvalue weighted by Crippen LogP contribution is -2.28. The second-order valence-corrected chi connectivity index (χ2v) is 5.20. The fourth-order valence-corrected chi connectivity index (χ4v) is 2.66. The SMILES string of the molecule is CN(CCC1CCCC1N)Cc1ccccn1. The van der Waals surface area contributed by atoms with E-state index in [1.807, 2.05) is 18.3 Å². The lowest BCUT2D eigenvalue weighted by molar-refractivity contribution is 0.283. The van der Waals surface area contributed by atoms with Crippen molar-refractivity contribution in [2.45, 2.75) is 38.3 Å². The normalized spacial score (nSPS) is 24.4. The summed E-state index contributed by atoms with van der Waals surface area (Å²) in [6.45, 7) is 2.05. The van der Waals surface area contributed by atoms with Crippen LogP contribution in [0.3, 0.4) is 0 Å². The van der Waals surface area contributed by atoms with E-state index in [0.29, 0.717) is 6.04 Å². The summed E-state index contributed by atoms with van der Waals surface area (Å²) >= 11 is 0. The quantitative estimate of drug-likeness (QED) is 0.846. The summed E-state index contributed by atoms with van der Waals surface area (Å²) in [4.78, 5) is 6.69. The Morgan fingerprint density at radius 3 is 2.94 bits per heavy atom. The average Bonchev–Trinajstić information content (AvgIpc) is 2.74. The van der Waals surface area contributed by atoms with Crippen LogP contribution in [0, 0.1) is 5.92 Å². The molecule has 1 saturated carbocycles. The minimum atomic E-state index is 0.443. The number of nitrogens with zero attached hydrogens (tertiary/aromatic N) is 2. The van der Waals surface area contributed by atoms with Crippen molar-refractivity contribution >= 4 is 0 Å². The first kappa shape index (κ1) is 12.5. The van der Waals surface area contributed by atoms with Crippen molar-refractivity contribution in [3.8, 4) is 0 Å². The van der Waals surface area contributed by atoms with Crippen molar-refractivity contribution in [1.82, 2.24) is 9.88 Å². The number of hydrogen-bond donors (Lipinski definition) is 1. The molecule has 0 bridgehead atoms. The van der Waals surface area contributed by atoms with E-state index in [1.165, 1.54) is 25.7 Å². The molecule has 0 spiro atoms. The Bertz CT molecular complexity index is 325. The van der Waals surface area contributed by atoms with Crippen LogP contribution in [-0.2, 0) is 6.54 Å². The molecule has 94 valence electrons. The highest BCUT2D eigenvalue weighted by Gasteiger charge is 2.23. The van der Waals surface area contributed by atoms with Gasteiger partial charge in [-0.2, -0.15) is 0 Å². The Balaban J connectivity index is 1.72. The van der Waals surface area contributed by atoms with E-state index in [1.54, 1.807) is 0 Å². The van der Waals surface area contributed by atoms with E-state index in [2.05, 4.69) is 23.0 Å². The summed E-state index contributed by atoms with van der Waals surface area (Å²) in [6, 6.07) is 6.53. The highest BCUT2D eigenvalue weighted by atomic mass is 15.1. The second-order valence-electron chi connectivity index (χ2n) is 5.20. The molecule has 3 nitrogen and oxygen atoms in total. The van der Waals surface area contributed by atoms with Crippen LogP contribution in [0.1, 0.15) is 31.4 Å². The van der Waals surface area contributed by atoms with Gasteiger partial charge in [-0.15, -0.1) is 0 Å². The number of hydrogen-bond acceptors (Lipinski definition) is 3. The Morgan fingerprint density at radius 1 is 1.41 bits per heavy atom. The predicted molar refractivity (Wildman–Crippen MR) is 70.5 cm³/mol. The van der Waals surface area contributed by atoms with Gasteiger partial charge in [0, 0.05) is 18.8 Å². The molecule has 2 atom stereocenters. The van der Waals surface area contributed by atoms with Crippen molar-refractivity contribution in [2.75, 3.05) is 13.6 Å². The third-order valence-corrected chi connectivity index (χ3v) is 3.76. The first-order valence-electron chi connectivity index (χ1n) is 6.60. The molecule has 1 aromatic rings. The molecule has 0 aromatic carbocycles. The van der Waals surface area contributed by atoms with Gasteiger partial charge in [-0.05, 0) is 50.9 Å². The van der Waals surface area contributed by atoms with Crippen LogP contribution in [-0.4, -0.2) is 29.5 Å². The largest absolute Gasteiger partial charge is 0.327 e. The highest BCUT2D eigenvalue weighted by Crippen LogP contribution is 2.26. The van der Waals surface area contributed by atoms with Gasteiger partial charge in [0.15, 0.2) is 0 Å². The molecule has 1 heterocycles. The van der Waals surface area contributed by atoms with Crippen LogP contribution in [0.2, 0.25) is 0 Å². The zero-order valence-electron chi connectivity index (χ0n) is 10.7. The zero-order chi connectivity index (χ0) is 12.1. The van der Waals surface area contributed by atoms with Crippen LogP contribution >= 0.6 is 0 Å². The molecule has 2 rings (SSSR count). The first-order valence-corrected chi connectivity index (χ1v) is 6.60. The maximum atomic E-state index is 6.09. The fourth-order valence-electron chi connectivity index (χ4n) is 2.66. The van der Waals surface area contributed by atoms with Crippen molar-refractivity contribution in [3.63, 3.8) is 0 Å². The third-order valence-electron chi connectivity index (χ3n) is 3.76. The van der Waals surface area contributed by atoms with Gasteiger partial charge < -0.3 is 10.6 Å². The molecule has 2 N–H and O–H groups in total. The zero-order valence-corrected chi connectivity index (χ0v) is 10.7. The van der Waals surface area contributed by atoms with Gasteiger partial charge in [0.05, 0.1) is 5.69 Å². The van der Waals surface area contributed by atoms with Crippen molar-refractivity contribution in [1.29, 1.82) is 0 Å². The summed E-state index contributed by atoms with van der Waals surface area (Å²) in [6.07, 6.45) is 6.93. The molecular weight excluding hydrogens is 210 g/mol. The summed E-state index contributed by atoms with van der Waals surface area (Å²) in [5, 5.41) is 0. The van der Waals surface area contributed by atoms with Crippen molar-refractivity contribution in [3.05, 3.63) is 30.1 Å². The van der Waals surface area contributed by atoms with Crippen molar-refractivity contribution < 1.29 is 0 Å². The van der Waals surface area contributed by atoms with Crippen LogP contribution < -0.4 is 5.73 Å². The van der Waals surface area contributed by atoms with Gasteiger partial charge in [0.25, 0.3) is 0 Å². The van der Waals surface area contributed by atoms with E-state index in [0.717, 1.165) is 24.7 Å². The van der Waals surface area contributed by atoms with Gasteiger partial charge >= 0.3 is 0 Å². The number of rotatable bonds is 5. The third kappa shape index (κ3) is 3.79.